The van der Waals surface area contributed by atoms with E-state index in [0.717, 1.165) is 6.42 Å². The molecule has 1 aromatic heterocycles. The molecule has 20 heavy (non-hydrogen) atoms. The van der Waals surface area contributed by atoms with Crippen LogP contribution in [0.4, 0.5) is 0 Å². The van der Waals surface area contributed by atoms with Crippen molar-refractivity contribution in [3.05, 3.63) is 12.5 Å². The molecule has 1 rings (SSSR count). The molecule has 0 saturated heterocycles. The van der Waals surface area contributed by atoms with Gasteiger partial charge in [-0.05, 0) is 25.3 Å². The molecule has 0 aromatic carbocycles. The van der Waals surface area contributed by atoms with Crippen LogP contribution in [0.5, 0.6) is 0 Å². The van der Waals surface area contributed by atoms with Gasteiger partial charge in [0.15, 0.2) is 5.03 Å². The summed E-state index contributed by atoms with van der Waals surface area (Å²) in [6.07, 6.45) is 3.88. The second kappa shape index (κ2) is 6.69. The van der Waals surface area contributed by atoms with Crippen molar-refractivity contribution in [2.45, 2.75) is 45.7 Å². The van der Waals surface area contributed by atoms with E-state index in [1.807, 2.05) is 27.7 Å². The van der Waals surface area contributed by atoms with Crippen molar-refractivity contribution in [1.82, 2.24) is 13.9 Å². The summed E-state index contributed by atoms with van der Waals surface area (Å²) in [6.45, 7) is 9.85. The lowest BCUT2D eigenvalue weighted by atomic mass is 9.94. The molecule has 0 fully saturated rings. The molecular weight excluding hydrogens is 276 g/mol. The number of nitrogens with two attached hydrogens (primary N) is 1. The van der Waals surface area contributed by atoms with E-state index in [9.17, 15) is 8.42 Å². The Bertz CT molecular complexity index is 522. The van der Waals surface area contributed by atoms with Crippen LogP contribution in [0.2, 0.25) is 0 Å². The van der Waals surface area contributed by atoms with E-state index in [2.05, 4.69) is 4.98 Å². The Labute approximate surface area is 122 Å². The SMILES string of the molecule is CCCN(CC(C)(C)CN)S(=O)(=O)c1cn(CC)cn1. The highest BCUT2D eigenvalue weighted by Crippen LogP contribution is 2.21. The second-order valence-corrected chi connectivity index (χ2v) is 7.63. The number of hydrogen-bond donors (Lipinski definition) is 1. The third-order valence-corrected chi connectivity index (χ3v) is 4.94. The van der Waals surface area contributed by atoms with Gasteiger partial charge in [-0.25, -0.2) is 13.4 Å². The molecule has 7 heteroatoms. The number of aromatic nitrogens is 2. The number of nitrogens with zero attached hydrogens (tertiary/aromatic N) is 3. The van der Waals surface area contributed by atoms with Crippen molar-refractivity contribution < 1.29 is 8.42 Å². The molecule has 116 valence electrons. The molecule has 0 aliphatic carbocycles. The molecule has 0 saturated carbocycles. The Morgan fingerprint density at radius 2 is 2.05 bits per heavy atom. The topological polar surface area (TPSA) is 81.2 Å². The lowest BCUT2D eigenvalue weighted by molar-refractivity contribution is 0.266. The normalized spacial score (nSPS) is 13.1. The maximum absolute atomic E-state index is 12.7. The first kappa shape index (κ1) is 17.1. The van der Waals surface area contributed by atoms with Gasteiger partial charge in [-0.3, -0.25) is 0 Å². The van der Waals surface area contributed by atoms with E-state index < -0.39 is 10.0 Å². The van der Waals surface area contributed by atoms with Crippen molar-refractivity contribution >= 4 is 10.0 Å². The van der Waals surface area contributed by atoms with E-state index in [-0.39, 0.29) is 10.4 Å². The van der Waals surface area contributed by atoms with Crippen LogP contribution >= 0.6 is 0 Å². The van der Waals surface area contributed by atoms with Crippen molar-refractivity contribution in [2.24, 2.45) is 11.1 Å². The molecule has 0 aliphatic heterocycles. The van der Waals surface area contributed by atoms with Crippen LogP contribution in [0.15, 0.2) is 17.6 Å². The lowest BCUT2D eigenvalue weighted by Gasteiger charge is -2.30. The van der Waals surface area contributed by atoms with Crippen LogP contribution in [0, 0.1) is 5.41 Å². The summed E-state index contributed by atoms with van der Waals surface area (Å²) in [4.78, 5) is 4.02. The van der Waals surface area contributed by atoms with Crippen molar-refractivity contribution in [2.75, 3.05) is 19.6 Å². The molecule has 0 aliphatic rings. The van der Waals surface area contributed by atoms with Crippen LogP contribution in [-0.2, 0) is 16.6 Å². The van der Waals surface area contributed by atoms with Crippen molar-refractivity contribution in [3.8, 4) is 0 Å². The van der Waals surface area contributed by atoms with Gasteiger partial charge in [-0.15, -0.1) is 0 Å². The van der Waals surface area contributed by atoms with Crippen LogP contribution < -0.4 is 5.73 Å². The Kier molecular flexibility index (Phi) is 5.73. The van der Waals surface area contributed by atoms with Gasteiger partial charge in [-0.2, -0.15) is 4.31 Å². The summed E-state index contributed by atoms with van der Waals surface area (Å²) in [5.74, 6) is 0. The first-order chi connectivity index (χ1) is 9.26. The van der Waals surface area contributed by atoms with Gasteiger partial charge >= 0.3 is 0 Å². The summed E-state index contributed by atoms with van der Waals surface area (Å²) < 4.78 is 28.6. The third-order valence-electron chi connectivity index (χ3n) is 3.21. The Morgan fingerprint density at radius 3 is 2.50 bits per heavy atom. The number of imidazole rings is 1. The monoisotopic (exact) mass is 302 g/mol. The molecule has 6 nitrogen and oxygen atoms in total. The average molecular weight is 302 g/mol. The van der Waals surface area contributed by atoms with Gasteiger partial charge < -0.3 is 10.3 Å². The Hall–Kier alpha value is -0.920. The van der Waals surface area contributed by atoms with Crippen molar-refractivity contribution in [3.63, 3.8) is 0 Å². The Morgan fingerprint density at radius 1 is 1.40 bits per heavy atom. The largest absolute Gasteiger partial charge is 0.336 e. The van der Waals surface area contributed by atoms with Gasteiger partial charge in [0.05, 0.1) is 6.33 Å². The highest BCUT2D eigenvalue weighted by Gasteiger charge is 2.31. The fourth-order valence-corrected chi connectivity index (χ4v) is 3.51. The summed E-state index contributed by atoms with van der Waals surface area (Å²) in [5.41, 5.74) is 5.46. The molecule has 0 atom stereocenters. The first-order valence-corrected chi connectivity index (χ1v) is 8.43. The van der Waals surface area contributed by atoms with Gasteiger partial charge in [-0.1, -0.05) is 20.8 Å². The van der Waals surface area contributed by atoms with Crippen LogP contribution in [0.3, 0.4) is 0 Å². The van der Waals surface area contributed by atoms with E-state index in [0.29, 0.717) is 26.2 Å². The van der Waals surface area contributed by atoms with Crippen LogP contribution in [-0.4, -0.2) is 41.9 Å². The summed E-state index contributed by atoms with van der Waals surface area (Å²) in [7, 11) is -3.55. The van der Waals surface area contributed by atoms with E-state index >= 15 is 0 Å². The van der Waals surface area contributed by atoms with E-state index in [1.54, 1.807) is 17.1 Å². The van der Waals surface area contributed by atoms with Gasteiger partial charge in [0.25, 0.3) is 10.0 Å². The molecule has 0 unspecified atom stereocenters. The fourth-order valence-electron chi connectivity index (χ4n) is 1.85. The third kappa shape index (κ3) is 4.04. The lowest BCUT2D eigenvalue weighted by Crippen LogP contribution is -2.42. The summed E-state index contributed by atoms with van der Waals surface area (Å²) in [5, 5.41) is 0.112. The number of hydrogen-bond acceptors (Lipinski definition) is 4. The predicted octanol–water partition coefficient (Wildman–Crippen LogP) is 1.29. The fraction of sp³-hybridized carbons (Fsp3) is 0.769. The smallest absolute Gasteiger partial charge is 0.262 e. The van der Waals surface area contributed by atoms with Crippen LogP contribution in [0.25, 0.3) is 0 Å². The highest BCUT2D eigenvalue weighted by atomic mass is 32.2. The zero-order valence-corrected chi connectivity index (χ0v) is 13.7. The molecule has 1 heterocycles. The second-order valence-electron chi connectivity index (χ2n) is 5.75. The molecule has 1 aromatic rings. The average Bonchev–Trinajstić information content (AvgIpc) is 2.87. The summed E-state index contributed by atoms with van der Waals surface area (Å²) >= 11 is 0. The zero-order chi connectivity index (χ0) is 15.4. The zero-order valence-electron chi connectivity index (χ0n) is 12.8. The quantitative estimate of drug-likeness (QED) is 0.784. The molecule has 0 spiro atoms. The van der Waals surface area contributed by atoms with Gasteiger partial charge in [0, 0.05) is 25.8 Å². The maximum Gasteiger partial charge on any atom is 0.262 e. The van der Waals surface area contributed by atoms with Crippen molar-refractivity contribution in [1.29, 1.82) is 0 Å². The Balaban J connectivity index is 3.05. The van der Waals surface area contributed by atoms with E-state index in [4.69, 9.17) is 5.73 Å². The number of aryl methyl sites for hydroxylation is 1. The molecular formula is C13H26N4O2S. The standard InChI is InChI=1S/C13H26N4O2S/c1-5-7-17(10-13(3,4)9-14)20(18,19)12-8-16(6-2)11-15-12/h8,11H,5-7,9-10,14H2,1-4H3. The minimum Gasteiger partial charge on any atom is -0.336 e. The molecule has 2 N–H and O–H groups in total. The molecule has 0 radical (unpaired) electrons. The molecule has 0 bridgehead atoms. The van der Waals surface area contributed by atoms with E-state index in [1.165, 1.54) is 4.31 Å². The predicted molar refractivity (Wildman–Crippen MR) is 79.8 cm³/mol. The summed E-state index contributed by atoms with van der Waals surface area (Å²) in [6, 6.07) is 0. The minimum absolute atomic E-state index is 0.112. The van der Waals surface area contributed by atoms with Gasteiger partial charge in [0.1, 0.15) is 0 Å². The van der Waals surface area contributed by atoms with Gasteiger partial charge in [0.2, 0.25) is 0 Å². The van der Waals surface area contributed by atoms with Crippen LogP contribution in [0.1, 0.15) is 34.1 Å². The molecule has 0 amide bonds. The number of rotatable bonds is 8. The highest BCUT2D eigenvalue weighted by molar-refractivity contribution is 7.89. The maximum atomic E-state index is 12.7. The number of sulfonamides is 1. The minimum atomic E-state index is -3.55. The first-order valence-electron chi connectivity index (χ1n) is 6.99.